The summed E-state index contributed by atoms with van der Waals surface area (Å²) in [5, 5.41) is 0. The molecule has 7 nitrogen and oxygen atoms in total. The number of rotatable bonds is 5. The Morgan fingerprint density at radius 1 is 1.25 bits per heavy atom. The van der Waals surface area contributed by atoms with Gasteiger partial charge in [-0.3, -0.25) is 9.10 Å². The van der Waals surface area contributed by atoms with Crippen LogP contribution < -0.4 is 4.31 Å². The van der Waals surface area contributed by atoms with Crippen LogP contribution in [0.25, 0.3) is 0 Å². The maximum atomic E-state index is 12.5. The summed E-state index contributed by atoms with van der Waals surface area (Å²) in [6, 6.07) is 4.89. The zero-order valence-corrected chi connectivity index (χ0v) is 17.5. The lowest BCUT2D eigenvalue weighted by Gasteiger charge is -2.35. The van der Waals surface area contributed by atoms with Gasteiger partial charge in [-0.15, -0.1) is 0 Å². The summed E-state index contributed by atoms with van der Waals surface area (Å²) in [4.78, 5) is 26.7. The van der Waals surface area contributed by atoms with E-state index in [9.17, 15) is 18.0 Å². The van der Waals surface area contributed by atoms with Crippen molar-refractivity contribution in [2.75, 3.05) is 23.7 Å². The second kappa shape index (κ2) is 8.11. The summed E-state index contributed by atoms with van der Waals surface area (Å²) in [7, 11) is -3.37. The fourth-order valence-corrected chi connectivity index (χ4v) is 5.55. The second-order valence-corrected chi connectivity index (χ2v) is 9.54. The smallest absolute Gasteiger partial charge is 0.338 e. The summed E-state index contributed by atoms with van der Waals surface area (Å²) < 4.78 is 30.6. The quantitative estimate of drug-likeness (QED) is 0.699. The van der Waals surface area contributed by atoms with Crippen LogP contribution in [-0.2, 0) is 26.0 Å². The summed E-state index contributed by atoms with van der Waals surface area (Å²) in [6.45, 7) is 4.35. The van der Waals surface area contributed by atoms with E-state index in [1.807, 2.05) is 11.8 Å². The van der Waals surface area contributed by atoms with E-state index >= 15 is 0 Å². The first-order valence-electron chi connectivity index (χ1n) is 9.81. The van der Waals surface area contributed by atoms with Crippen LogP contribution in [0.5, 0.6) is 0 Å². The molecule has 1 fully saturated rings. The Labute approximate surface area is 166 Å². The number of amides is 1. The van der Waals surface area contributed by atoms with Gasteiger partial charge in [0, 0.05) is 18.6 Å². The van der Waals surface area contributed by atoms with E-state index < -0.39 is 16.0 Å². The van der Waals surface area contributed by atoms with E-state index in [2.05, 4.69) is 6.92 Å². The van der Waals surface area contributed by atoms with Gasteiger partial charge in [-0.1, -0.05) is 6.92 Å². The molecule has 28 heavy (non-hydrogen) atoms. The van der Waals surface area contributed by atoms with E-state index in [0.717, 1.165) is 31.2 Å². The Hall–Kier alpha value is -2.09. The second-order valence-electron chi connectivity index (χ2n) is 7.68. The minimum Gasteiger partial charge on any atom is -0.452 e. The predicted molar refractivity (Wildman–Crippen MR) is 107 cm³/mol. The normalized spacial score (nSPS) is 22.1. The first kappa shape index (κ1) is 20.6. The highest BCUT2D eigenvalue weighted by Gasteiger charge is 2.33. The number of fused-ring (bicyclic) bond motifs is 1. The van der Waals surface area contributed by atoms with Crippen LogP contribution in [0, 0.1) is 0 Å². The molecule has 2 aliphatic rings. The number of benzene rings is 1. The Bertz CT molecular complexity index is 867. The number of sulfonamides is 1. The zero-order chi connectivity index (χ0) is 20.5. The van der Waals surface area contributed by atoms with Gasteiger partial charge in [0.15, 0.2) is 6.61 Å². The van der Waals surface area contributed by atoms with Crippen molar-refractivity contribution < 1.29 is 22.7 Å². The molecular weight excluding hydrogens is 380 g/mol. The molecule has 0 radical (unpaired) electrons. The number of piperidine rings is 1. The first-order chi connectivity index (χ1) is 13.2. The van der Waals surface area contributed by atoms with Crippen LogP contribution in [0.3, 0.4) is 0 Å². The topological polar surface area (TPSA) is 84.0 Å². The maximum Gasteiger partial charge on any atom is 0.338 e. The molecule has 1 aromatic rings. The minimum atomic E-state index is -3.37. The van der Waals surface area contributed by atoms with E-state index in [1.54, 1.807) is 18.2 Å². The van der Waals surface area contributed by atoms with Crippen LogP contribution in [0.4, 0.5) is 5.69 Å². The third-order valence-electron chi connectivity index (χ3n) is 5.57. The molecule has 0 unspecified atom stereocenters. The number of anilines is 1. The molecule has 0 aliphatic carbocycles. The van der Waals surface area contributed by atoms with Gasteiger partial charge in [-0.05, 0) is 62.8 Å². The van der Waals surface area contributed by atoms with Gasteiger partial charge >= 0.3 is 5.97 Å². The third-order valence-corrected chi connectivity index (χ3v) is 6.84. The van der Waals surface area contributed by atoms with Gasteiger partial charge in [0.2, 0.25) is 10.0 Å². The number of ether oxygens (including phenoxy) is 1. The van der Waals surface area contributed by atoms with Crippen molar-refractivity contribution in [1.82, 2.24) is 4.90 Å². The van der Waals surface area contributed by atoms with Crippen molar-refractivity contribution in [2.24, 2.45) is 0 Å². The number of hydrogen-bond donors (Lipinski definition) is 0. The number of carbonyl (C=O) groups excluding carboxylic acids is 2. The van der Waals surface area contributed by atoms with E-state index in [4.69, 9.17) is 4.74 Å². The van der Waals surface area contributed by atoms with Crippen molar-refractivity contribution >= 4 is 27.6 Å². The highest BCUT2D eigenvalue weighted by molar-refractivity contribution is 7.92. The largest absolute Gasteiger partial charge is 0.452 e. The lowest BCUT2D eigenvalue weighted by atomic mass is 10.00. The Morgan fingerprint density at radius 2 is 2.00 bits per heavy atom. The van der Waals surface area contributed by atoms with Gasteiger partial charge in [0.1, 0.15) is 0 Å². The molecule has 2 atom stereocenters. The molecule has 2 aliphatic heterocycles. The van der Waals surface area contributed by atoms with Crippen molar-refractivity contribution in [2.45, 2.75) is 58.0 Å². The van der Waals surface area contributed by atoms with Crippen molar-refractivity contribution in [1.29, 1.82) is 0 Å². The molecule has 3 rings (SSSR count). The highest BCUT2D eigenvalue weighted by Crippen LogP contribution is 2.34. The maximum absolute atomic E-state index is 12.5. The Balaban J connectivity index is 1.66. The monoisotopic (exact) mass is 408 g/mol. The third kappa shape index (κ3) is 4.16. The Morgan fingerprint density at radius 3 is 2.68 bits per heavy atom. The summed E-state index contributed by atoms with van der Waals surface area (Å²) in [5.74, 6) is -0.718. The Kier molecular flexibility index (Phi) is 5.98. The molecule has 154 valence electrons. The molecule has 1 aromatic carbocycles. The molecule has 0 saturated carbocycles. The molecular formula is C20H28N2O5S. The van der Waals surface area contributed by atoms with E-state index in [1.165, 1.54) is 10.6 Å². The van der Waals surface area contributed by atoms with Crippen LogP contribution in [0.15, 0.2) is 18.2 Å². The zero-order valence-electron chi connectivity index (χ0n) is 16.7. The van der Waals surface area contributed by atoms with Crippen molar-refractivity contribution in [3.8, 4) is 0 Å². The number of nitrogens with zero attached hydrogens (tertiary/aromatic N) is 2. The van der Waals surface area contributed by atoms with Crippen molar-refractivity contribution in [3.63, 3.8) is 0 Å². The van der Waals surface area contributed by atoms with Gasteiger partial charge in [0.25, 0.3) is 5.91 Å². The fraction of sp³-hybridized carbons (Fsp3) is 0.600. The predicted octanol–water partition coefficient (Wildman–Crippen LogP) is 2.35. The summed E-state index contributed by atoms with van der Waals surface area (Å²) in [6.07, 6.45) is 5.72. The highest BCUT2D eigenvalue weighted by atomic mass is 32.2. The molecule has 8 heteroatoms. The standard InChI is InChI=1S/C20H28N2O5S/c1-4-17-7-5-6-10-21(17)19(23)13-27-20(24)15-8-9-18-16(12-15)11-14(2)22(18)28(3,25)26/h8-9,12,14,17H,4-7,10-11,13H2,1-3H3/t14-,17-/m0/s1. The molecule has 1 amide bonds. The minimum absolute atomic E-state index is 0.155. The van der Waals surface area contributed by atoms with Crippen LogP contribution in [0.2, 0.25) is 0 Å². The van der Waals surface area contributed by atoms with Crippen molar-refractivity contribution in [3.05, 3.63) is 29.3 Å². The lowest BCUT2D eigenvalue weighted by Crippen LogP contribution is -2.45. The molecule has 0 aromatic heterocycles. The van der Waals surface area contributed by atoms with Gasteiger partial charge < -0.3 is 9.64 Å². The molecule has 1 saturated heterocycles. The number of esters is 1. The fourth-order valence-electron chi connectivity index (χ4n) is 4.28. The van der Waals surface area contributed by atoms with E-state index in [-0.39, 0.29) is 24.6 Å². The van der Waals surface area contributed by atoms with Gasteiger partial charge in [0.05, 0.1) is 17.5 Å². The van der Waals surface area contributed by atoms with Crippen LogP contribution in [-0.4, -0.2) is 56.7 Å². The van der Waals surface area contributed by atoms with Gasteiger partial charge in [-0.2, -0.15) is 0 Å². The average Bonchev–Trinajstić information content (AvgIpc) is 3.00. The SMILES string of the molecule is CC[C@H]1CCCCN1C(=O)COC(=O)c1ccc2c(c1)C[C@H](C)N2S(C)(=O)=O. The number of likely N-dealkylation sites (tertiary alicyclic amines) is 1. The van der Waals surface area contributed by atoms with Gasteiger partial charge in [-0.25, -0.2) is 13.2 Å². The molecule has 0 spiro atoms. The van der Waals surface area contributed by atoms with Crippen LogP contribution in [0.1, 0.15) is 55.5 Å². The lowest BCUT2D eigenvalue weighted by molar-refractivity contribution is -0.138. The number of carbonyl (C=O) groups is 2. The first-order valence-corrected chi connectivity index (χ1v) is 11.7. The molecule has 0 bridgehead atoms. The average molecular weight is 409 g/mol. The summed E-state index contributed by atoms with van der Waals surface area (Å²) in [5.41, 5.74) is 1.72. The van der Waals surface area contributed by atoms with E-state index in [0.29, 0.717) is 24.2 Å². The van der Waals surface area contributed by atoms with Crippen LogP contribution >= 0.6 is 0 Å². The molecule has 2 heterocycles. The molecule has 0 N–H and O–H groups in total. The summed E-state index contributed by atoms with van der Waals surface area (Å²) >= 11 is 0. The number of hydrogen-bond acceptors (Lipinski definition) is 5.